The highest BCUT2D eigenvalue weighted by molar-refractivity contribution is 5.78. The van der Waals surface area contributed by atoms with Crippen LogP contribution in [0.4, 0.5) is 10.2 Å². The first-order valence-electron chi connectivity index (χ1n) is 10.8. The van der Waals surface area contributed by atoms with E-state index >= 15 is 0 Å². The molecule has 1 aliphatic rings. The summed E-state index contributed by atoms with van der Waals surface area (Å²) < 4.78 is 16.8. The number of nitrogens with one attached hydrogen (secondary N) is 1. The summed E-state index contributed by atoms with van der Waals surface area (Å²) in [7, 11) is 0. The predicted molar refractivity (Wildman–Crippen MR) is 127 cm³/mol. The second-order valence-electron chi connectivity index (χ2n) is 7.87. The summed E-state index contributed by atoms with van der Waals surface area (Å²) >= 11 is 0. The van der Waals surface area contributed by atoms with Crippen molar-refractivity contribution in [3.8, 4) is 34.3 Å². The molecule has 0 bridgehead atoms. The van der Waals surface area contributed by atoms with Gasteiger partial charge in [-0.1, -0.05) is 0 Å². The number of carboxylic acid groups (broad SMARTS) is 1. The van der Waals surface area contributed by atoms with E-state index in [1.807, 2.05) is 16.8 Å². The SMILES string of the molecule is CC(=O)O.N#Cc1c(-c2cc3n(n2)CCCNC3)cc(-c2cnn(-c3ccc(F)cc3)c2)nc1N. The second-order valence-corrected chi connectivity index (χ2v) is 7.87. The number of aliphatic carboxylic acids is 1. The molecule has 0 radical (unpaired) electrons. The van der Waals surface area contributed by atoms with Crippen LogP contribution >= 0.6 is 0 Å². The van der Waals surface area contributed by atoms with Gasteiger partial charge in [-0.25, -0.2) is 14.1 Å². The van der Waals surface area contributed by atoms with Gasteiger partial charge >= 0.3 is 0 Å². The van der Waals surface area contributed by atoms with Crippen LogP contribution in [0, 0.1) is 17.1 Å². The summed E-state index contributed by atoms with van der Waals surface area (Å²) in [6.45, 7) is 3.58. The Bertz CT molecular complexity index is 1370. The number of aromatic nitrogens is 5. The van der Waals surface area contributed by atoms with E-state index in [1.54, 1.807) is 29.2 Å². The molecule has 0 saturated heterocycles. The summed E-state index contributed by atoms with van der Waals surface area (Å²) in [4.78, 5) is 13.4. The molecule has 1 aliphatic heterocycles. The fourth-order valence-corrected chi connectivity index (χ4v) is 3.72. The summed E-state index contributed by atoms with van der Waals surface area (Å²) in [5.74, 6) is -0.998. The molecule has 0 spiro atoms. The molecule has 0 amide bonds. The molecule has 5 rings (SSSR count). The predicted octanol–water partition coefficient (Wildman–Crippen LogP) is 2.97. The average molecular weight is 475 g/mol. The van der Waals surface area contributed by atoms with Crippen molar-refractivity contribution in [2.45, 2.75) is 26.4 Å². The summed E-state index contributed by atoms with van der Waals surface area (Å²) in [6.07, 6.45) is 4.44. The fraction of sp³-hybridized carbons (Fsp3) is 0.208. The quantitative estimate of drug-likeness (QED) is 0.410. The zero-order valence-corrected chi connectivity index (χ0v) is 18.9. The van der Waals surface area contributed by atoms with Crippen LogP contribution in [0.15, 0.2) is 48.8 Å². The molecular weight excluding hydrogens is 451 g/mol. The number of carboxylic acids is 1. The molecule has 0 unspecified atom stereocenters. The number of hydrogen-bond donors (Lipinski definition) is 3. The highest BCUT2D eigenvalue weighted by atomic mass is 19.1. The molecule has 4 heterocycles. The molecule has 0 saturated carbocycles. The number of nitrogens with two attached hydrogens (primary N) is 1. The number of aryl methyl sites for hydroxylation is 1. The van der Waals surface area contributed by atoms with Crippen LogP contribution in [0.3, 0.4) is 0 Å². The Morgan fingerprint density at radius 3 is 2.71 bits per heavy atom. The van der Waals surface area contributed by atoms with Gasteiger partial charge in [-0.3, -0.25) is 9.48 Å². The minimum absolute atomic E-state index is 0.144. The number of nitriles is 1. The monoisotopic (exact) mass is 474 g/mol. The minimum Gasteiger partial charge on any atom is -0.481 e. The molecule has 4 N–H and O–H groups in total. The Morgan fingerprint density at radius 1 is 1.26 bits per heavy atom. The molecule has 35 heavy (non-hydrogen) atoms. The lowest BCUT2D eigenvalue weighted by Crippen LogP contribution is -2.11. The first-order chi connectivity index (χ1) is 16.9. The third kappa shape index (κ3) is 5.34. The Labute approximate surface area is 200 Å². The van der Waals surface area contributed by atoms with Crippen molar-refractivity contribution in [1.82, 2.24) is 29.9 Å². The molecule has 11 heteroatoms. The summed E-state index contributed by atoms with van der Waals surface area (Å²) in [6, 6.07) is 12.0. The minimum atomic E-state index is -0.833. The highest BCUT2D eigenvalue weighted by Crippen LogP contribution is 2.31. The molecule has 3 aromatic heterocycles. The van der Waals surface area contributed by atoms with Gasteiger partial charge in [0.25, 0.3) is 5.97 Å². The first-order valence-corrected chi connectivity index (χ1v) is 10.8. The lowest BCUT2D eigenvalue weighted by Gasteiger charge is -2.07. The number of nitrogens with zero attached hydrogens (tertiary/aromatic N) is 6. The maximum Gasteiger partial charge on any atom is 0.300 e. The number of anilines is 1. The van der Waals surface area contributed by atoms with Crippen molar-refractivity contribution in [2.24, 2.45) is 0 Å². The van der Waals surface area contributed by atoms with Crippen molar-refractivity contribution in [3.05, 3.63) is 65.9 Å². The molecule has 0 fully saturated rings. The summed E-state index contributed by atoms with van der Waals surface area (Å²) in [5, 5.41) is 29.5. The fourth-order valence-electron chi connectivity index (χ4n) is 3.72. The normalized spacial score (nSPS) is 12.6. The van der Waals surface area contributed by atoms with Gasteiger partial charge in [0.15, 0.2) is 0 Å². The smallest absolute Gasteiger partial charge is 0.300 e. The molecule has 10 nitrogen and oxygen atoms in total. The van der Waals surface area contributed by atoms with Gasteiger partial charge in [0.2, 0.25) is 0 Å². The Kier molecular flexibility index (Phi) is 6.84. The van der Waals surface area contributed by atoms with Crippen LogP contribution in [-0.2, 0) is 17.9 Å². The first kappa shape index (κ1) is 23.6. The Morgan fingerprint density at radius 2 is 2.00 bits per heavy atom. The second kappa shape index (κ2) is 10.1. The lowest BCUT2D eigenvalue weighted by molar-refractivity contribution is -0.134. The van der Waals surface area contributed by atoms with Crippen molar-refractivity contribution in [2.75, 3.05) is 12.3 Å². The van der Waals surface area contributed by atoms with Gasteiger partial charge in [0.1, 0.15) is 23.3 Å². The van der Waals surface area contributed by atoms with Gasteiger partial charge < -0.3 is 16.2 Å². The highest BCUT2D eigenvalue weighted by Gasteiger charge is 2.19. The van der Waals surface area contributed by atoms with Crippen LogP contribution in [0.5, 0.6) is 0 Å². The van der Waals surface area contributed by atoms with E-state index in [0.717, 1.165) is 49.9 Å². The van der Waals surface area contributed by atoms with Crippen LogP contribution in [0.2, 0.25) is 0 Å². The van der Waals surface area contributed by atoms with Gasteiger partial charge in [0, 0.05) is 37.3 Å². The van der Waals surface area contributed by atoms with Crippen LogP contribution in [-0.4, -0.2) is 42.2 Å². The number of fused-ring (bicyclic) bond motifs is 1. The van der Waals surface area contributed by atoms with E-state index in [9.17, 15) is 9.65 Å². The molecule has 0 atom stereocenters. The van der Waals surface area contributed by atoms with E-state index in [1.165, 1.54) is 12.1 Å². The number of benzene rings is 1. The van der Waals surface area contributed by atoms with Gasteiger partial charge in [-0.05, 0) is 49.4 Å². The van der Waals surface area contributed by atoms with Gasteiger partial charge in [-0.15, -0.1) is 0 Å². The molecular formula is C24H23FN8O2. The van der Waals surface area contributed by atoms with Crippen LogP contribution in [0.1, 0.15) is 24.6 Å². The maximum atomic E-state index is 13.2. The number of rotatable bonds is 3. The zero-order valence-electron chi connectivity index (χ0n) is 18.9. The Balaban J connectivity index is 0.000000672. The molecule has 4 aromatic rings. The van der Waals surface area contributed by atoms with Crippen LogP contribution < -0.4 is 11.1 Å². The molecule has 0 aliphatic carbocycles. The largest absolute Gasteiger partial charge is 0.481 e. The van der Waals surface area contributed by atoms with E-state index in [0.29, 0.717) is 22.5 Å². The number of pyridine rings is 1. The van der Waals surface area contributed by atoms with Crippen molar-refractivity contribution in [1.29, 1.82) is 5.26 Å². The van der Waals surface area contributed by atoms with E-state index in [2.05, 4.69) is 21.5 Å². The number of nitrogen functional groups attached to an aromatic ring is 1. The standard InChI is InChI=1S/C22H19FN8.C2H4O2/c23-15-2-4-16(5-3-15)31-13-14(11-27-31)20-9-18(19(10-24)22(25)28-20)21-8-17-12-26-6-1-7-30(17)29-21;1-2(3)4/h2-5,8-9,11,13,26H,1,6-7,12H2,(H2,25,28);1H3,(H,3,4). The van der Waals surface area contributed by atoms with Gasteiger partial charge in [0.05, 0.1) is 29.0 Å². The summed E-state index contributed by atoms with van der Waals surface area (Å²) in [5.41, 5.74) is 10.9. The van der Waals surface area contributed by atoms with Crippen LogP contribution in [0.25, 0.3) is 28.2 Å². The third-order valence-corrected chi connectivity index (χ3v) is 5.30. The maximum absolute atomic E-state index is 13.2. The van der Waals surface area contributed by atoms with Gasteiger partial charge in [-0.2, -0.15) is 15.5 Å². The van der Waals surface area contributed by atoms with Crippen molar-refractivity contribution < 1.29 is 14.3 Å². The topological polar surface area (TPSA) is 148 Å². The van der Waals surface area contributed by atoms with Crippen molar-refractivity contribution in [3.63, 3.8) is 0 Å². The zero-order chi connectivity index (χ0) is 24.9. The lowest BCUT2D eigenvalue weighted by atomic mass is 10.0. The third-order valence-electron chi connectivity index (χ3n) is 5.30. The molecule has 178 valence electrons. The van der Waals surface area contributed by atoms with Crippen molar-refractivity contribution >= 4 is 11.8 Å². The van der Waals surface area contributed by atoms with E-state index in [4.69, 9.17) is 20.7 Å². The van der Waals surface area contributed by atoms with E-state index in [-0.39, 0.29) is 11.6 Å². The Hall–Kier alpha value is -4.56. The average Bonchev–Trinajstić information content (AvgIpc) is 3.41. The van der Waals surface area contributed by atoms with E-state index < -0.39 is 5.97 Å². The number of halogens is 1. The molecule has 1 aromatic carbocycles. The number of carbonyl (C=O) groups is 1. The number of hydrogen-bond acceptors (Lipinski definition) is 7.